The molecule has 2 aromatic rings. The van der Waals surface area contributed by atoms with Crippen molar-refractivity contribution in [3.8, 4) is 0 Å². The summed E-state index contributed by atoms with van der Waals surface area (Å²) in [4.78, 5) is 23.0. The zero-order chi connectivity index (χ0) is 15.4. The van der Waals surface area contributed by atoms with Gasteiger partial charge in [0.25, 0.3) is 0 Å². The van der Waals surface area contributed by atoms with Crippen molar-refractivity contribution in [2.75, 3.05) is 5.32 Å². The number of aryl methyl sites for hydroxylation is 2. The zero-order valence-corrected chi connectivity index (χ0v) is 11.9. The van der Waals surface area contributed by atoms with Crippen LogP contribution in [0.5, 0.6) is 0 Å². The zero-order valence-electron chi connectivity index (χ0n) is 11.9. The van der Waals surface area contributed by atoms with Crippen molar-refractivity contribution in [1.82, 2.24) is 19.6 Å². The van der Waals surface area contributed by atoms with Crippen molar-refractivity contribution in [2.45, 2.75) is 33.4 Å². The number of aromatic carboxylic acids is 1. The van der Waals surface area contributed by atoms with Gasteiger partial charge < -0.3 is 10.4 Å². The number of nitrogens with zero attached hydrogens (tertiary/aromatic N) is 4. The van der Waals surface area contributed by atoms with Gasteiger partial charge in [-0.1, -0.05) is 6.92 Å². The van der Waals surface area contributed by atoms with Gasteiger partial charge in [-0.2, -0.15) is 10.2 Å². The first-order valence-corrected chi connectivity index (χ1v) is 6.60. The van der Waals surface area contributed by atoms with Crippen LogP contribution in [0.3, 0.4) is 0 Å². The first-order chi connectivity index (χ1) is 10.0. The summed E-state index contributed by atoms with van der Waals surface area (Å²) < 4.78 is 2.86. The lowest BCUT2D eigenvalue weighted by atomic mass is 10.4. The summed E-state index contributed by atoms with van der Waals surface area (Å²) in [5.41, 5.74) is 0.785. The van der Waals surface area contributed by atoms with Gasteiger partial charge >= 0.3 is 5.97 Å². The number of rotatable bonds is 6. The van der Waals surface area contributed by atoms with Crippen LogP contribution in [0.1, 0.15) is 29.5 Å². The fourth-order valence-corrected chi connectivity index (χ4v) is 1.99. The number of anilines is 1. The number of aromatic nitrogens is 4. The van der Waals surface area contributed by atoms with Crippen molar-refractivity contribution < 1.29 is 14.7 Å². The summed E-state index contributed by atoms with van der Waals surface area (Å²) in [6.45, 7) is 4.40. The predicted molar refractivity (Wildman–Crippen MR) is 75.1 cm³/mol. The third-order valence-electron chi connectivity index (χ3n) is 2.83. The number of carboxylic acid groups (broad SMARTS) is 1. The van der Waals surface area contributed by atoms with E-state index in [9.17, 15) is 9.59 Å². The van der Waals surface area contributed by atoms with Crippen molar-refractivity contribution >= 4 is 17.7 Å². The number of carbonyl (C=O) groups is 2. The normalized spacial score (nSPS) is 10.6. The smallest absolute Gasteiger partial charge is 0.354 e. The van der Waals surface area contributed by atoms with Gasteiger partial charge in [0.15, 0.2) is 0 Å². The molecule has 0 aliphatic carbocycles. The molecule has 112 valence electrons. The summed E-state index contributed by atoms with van der Waals surface area (Å²) in [7, 11) is 0. The van der Waals surface area contributed by atoms with Gasteiger partial charge in [-0.15, -0.1) is 0 Å². The van der Waals surface area contributed by atoms with E-state index in [1.54, 1.807) is 10.7 Å². The van der Waals surface area contributed by atoms with Crippen LogP contribution < -0.4 is 5.32 Å². The second-order valence-corrected chi connectivity index (χ2v) is 4.62. The number of hydrogen-bond acceptors (Lipinski definition) is 4. The van der Waals surface area contributed by atoms with Crippen molar-refractivity contribution in [2.24, 2.45) is 0 Å². The quantitative estimate of drug-likeness (QED) is 0.830. The molecule has 0 aliphatic heterocycles. The maximum atomic E-state index is 12.0. The number of hydrogen-bond donors (Lipinski definition) is 2. The molecule has 0 spiro atoms. The van der Waals surface area contributed by atoms with E-state index >= 15 is 0 Å². The second-order valence-electron chi connectivity index (χ2n) is 4.62. The van der Waals surface area contributed by atoms with Crippen molar-refractivity contribution in [1.29, 1.82) is 0 Å². The standard InChI is InChI=1S/C13H17N5O3/c1-3-6-17-11(7-9(2)16-17)15-12(19)8-18-10(13(20)21)4-5-14-18/h4-5,7H,3,6,8H2,1-2H3,(H,15,19)(H,20,21). The predicted octanol–water partition coefficient (Wildman–Crippen LogP) is 1.13. The van der Waals surface area contributed by atoms with Crippen LogP contribution in [0.25, 0.3) is 0 Å². The molecule has 0 unspecified atom stereocenters. The fraction of sp³-hybridized carbons (Fsp3) is 0.385. The molecule has 0 saturated heterocycles. The Morgan fingerprint density at radius 3 is 2.81 bits per heavy atom. The van der Waals surface area contributed by atoms with Crippen molar-refractivity contribution in [3.05, 3.63) is 29.7 Å². The molecule has 0 fully saturated rings. The molecular formula is C13H17N5O3. The average molecular weight is 291 g/mol. The largest absolute Gasteiger partial charge is 0.477 e. The molecule has 0 atom stereocenters. The molecular weight excluding hydrogens is 274 g/mol. The van der Waals surface area contributed by atoms with E-state index in [0.717, 1.165) is 16.8 Å². The van der Waals surface area contributed by atoms with Gasteiger partial charge in [0.2, 0.25) is 5.91 Å². The lowest BCUT2D eigenvalue weighted by Crippen LogP contribution is -2.23. The number of amides is 1. The van der Waals surface area contributed by atoms with E-state index in [1.165, 1.54) is 12.3 Å². The van der Waals surface area contributed by atoms with E-state index in [-0.39, 0.29) is 18.1 Å². The van der Waals surface area contributed by atoms with Gasteiger partial charge in [0, 0.05) is 18.8 Å². The molecule has 2 rings (SSSR count). The van der Waals surface area contributed by atoms with E-state index in [0.29, 0.717) is 12.4 Å². The Bertz CT molecular complexity index is 659. The Morgan fingerprint density at radius 2 is 2.14 bits per heavy atom. The molecule has 0 aliphatic rings. The molecule has 0 bridgehead atoms. The highest BCUT2D eigenvalue weighted by atomic mass is 16.4. The van der Waals surface area contributed by atoms with Gasteiger partial charge in [0.05, 0.1) is 5.69 Å². The third kappa shape index (κ3) is 3.47. The SMILES string of the molecule is CCCn1nc(C)cc1NC(=O)Cn1nccc1C(=O)O. The molecule has 8 nitrogen and oxygen atoms in total. The van der Waals surface area contributed by atoms with Gasteiger partial charge in [-0.25, -0.2) is 14.2 Å². The second kappa shape index (κ2) is 6.21. The van der Waals surface area contributed by atoms with Crippen LogP contribution in [0, 0.1) is 6.92 Å². The van der Waals surface area contributed by atoms with E-state index in [1.807, 2.05) is 13.8 Å². The van der Waals surface area contributed by atoms with Gasteiger partial charge in [-0.05, 0) is 19.4 Å². The van der Waals surface area contributed by atoms with Gasteiger partial charge in [-0.3, -0.25) is 4.79 Å². The third-order valence-corrected chi connectivity index (χ3v) is 2.83. The molecule has 0 aromatic carbocycles. The van der Waals surface area contributed by atoms with Crippen LogP contribution >= 0.6 is 0 Å². The fourth-order valence-electron chi connectivity index (χ4n) is 1.99. The summed E-state index contributed by atoms with van der Waals surface area (Å²) in [5, 5.41) is 19.8. The van der Waals surface area contributed by atoms with Crippen LogP contribution in [0.4, 0.5) is 5.82 Å². The Hall–Kier alpha value is -2.64. The maximum absolute atomic E-state index is 12.0. The number of carboxylic acids is 1. The minimum Gasteiger partial charge on any atom is -0.477 e. The van der Waals surface area contributed by atoms with E-state index < -0.39 is 5.97 Å². The molecule has 2 aromatic heterocycles. The maximum Gasteiger partial charge on any atom is 0.354 e. The lowest BCUT2D eigenvalue weighted by Gasteiger charge is -2.08. The number of carbonyl (C=O) groups excluding carboxylic acids is 1. The van der Waals surface area contributed by atoms with Gasteiger partial charge in [0.1, 0.15) is 18.1 Å². The summed E-state index contributed by atoms with van der Waals surface area (Å²) in [6.07, 6.45) is 2.24. The lowest BCUT2D eigenvalue weighted by molar-refractivity contribution is -0.117. The highest BCUT2D eigenvalue weighted by Gasteiger charge is 2.14. The first kappa shape index (κ1) is 14.8. The molecule has 8 heteroatoms. The van der Waals surface area contributed by atoms with Crippen molar-refractivity contribution in [3.63, 3.8) is 0 Å². The van der Waals surface area contributed by atoms with E-state index in [2.05, 4.69) is 15.5 Å². The highest BCUT2D eigenvalue weighted by molar-refractivity contribution is 5.91. The Kier molecular flexibility index (Phi) is 4.36. The number of nitrogens with one attached hydrogen (secondary N) is 1. The van der Waals surface area contributed by atoms with Crippen LogP contribution in [0.15, 0.2) is 18.3 Å². The molecule has 0 saturated carbocycles. The van der Waals surface area contributed by atoms with E-state index in [4.69, 9.17) is 5.11 Å². The minimum atomic E-state index is -1.12. The summed E-state index contributed by atoms with van der Waals surface area (Å²) >= 11 is 0. The Morgan fingerprint density at radius 1 is 1.38 bits per heavy atom. The topological polar surface area (TPSA) is 102 Å². The Labute approximate surface area is 121 Å². The summed E-state index contributed by atoms with van der Waals surface area (Å²) in [6, 6.07) is 3.12. The molecule has 21 heavy (non-hydrogen) atoms. The summed E-state index contributed by atoms with van der Waals surface area (Å²) in [5.74, 6) is -0.867. The molecule has 2 N–H and O–H groups in total. The van der Waals surface area contributed by atoms with Crippen LogP contribution in [0.2, 0.25) is 0 Å². The van der Waals surface area contributed by atoms with Crippen LogP contribution in [-0.2, 0) is 17.9 Å². The monoisotopic (exact) mass is 291 g/mol. The molecule has 0 radical (unpaired) electrons. The Balaban J connectivity index is 2.08. The highest BCUT2D eigenvalue weighted by Crippen LogP contribution is 2.11. The average Bonchev–Trinajstić information content (AvgIpc) is 2.97. The minimum absolute atomic E-state index is 0.0246. The molecule has 2 heterocycles. The molecule has 1 amide bonds. The first-order valence-electron chi connectivity index (χ1n) is 6.60. The van der Waals surface area contributed by atoms with Crippen LogP contribution in [-0.4, -0.2) is 36.5 Å².